The van der Waals surface area contributed by atoms with E-state index in [4.69, 9.17) is 4.74 Å². The van der Waals surface area contributed by atoms with Gasteiger partial charge >= 0.3 is 12.3 Å². The number of carbonyl (C=O) groups is 2. The van der Waals surface area contributed by atoms with Gasteiger partial charge < -0.3 is 4.74 Å². The van der Waals surface area contributed by atoms with Gasteiger partial charge in [0.15, 0.2) is 5.78 Å². The number of nitrogens with zero attached hydrogens (tertiary/aromatic N) is 1. The molecule has 0 radical (unpaired) electrons. The van der Waals surface area contributed by atoms with Gasteiger partial charge in [0, 0.05) is 12.6 Å². The summed E-state index contributed by atoms with van der Waals surface area (Å²) in [6.45, 7) is 4.64. The molecule has 0 aromatic heterocycles. The van der Waals surface area contributed by atoms with Gasteiger partial charge in [-0.15, -0.1) is 0 Å². The highest BCUT2D eigenvalue weighted by Gasteiger charge is 2.48. The Balaban J connectivity index is 2.93. The van der Waals surface area contributed by atoms with Gasteiger partial charge in [-0.05, 0) is 26.8 Å². The highest BCUT2D eigenvalue weighted by Crippen LogP contribution is 2.31. The molecule has 1 unspecified atom stereocenters. The highest BCUT2D eigenvalue weighted by molar-refractivity contribution is 5.92. The molecule has 0 fully saturated rings. The number of amides is 1. The van der Waals surface area contributed by atoms with Crippen LogP contribution in [-0.4, -0.2) is 34.6 Å². The average Bonchev–Trinajstić information content (AvgIpc) is 2.13. The summed E-state index contributed by atoms with van der Waals surface area (Å²) < 4.78 is 43.0. The van der Waals surface area contributed by atoms with Crippen molar-refractivity contribution in [2.24, 2.45) is 0 Å². The van der Waals surface area contributed by atoms with Crippen molar-refractivity contribution in [1.29, 1.82) is 0 Å². The zero-order valence-electron chi connectivity index (χ0n) is 10.2. The molecular formula is C11H14F3NO3. The largest absolute Gasteiger partial charge is 0.443 e. The van der Waals surface area contributed by atoms with Crippen molar-refractivity contribution in [3.8, 4) is 0 Å². The summed E-state index contributed by atoms with van der Waals surface area (Å²) in [4.78, 5) is 23.0. The molecule has 0 aromatic rings. The van der Waals surface area contributed by atoms with Crippen LogP contribution in [0.15, 0.2) is 12.3 Å². The Morgan fingerprint density at radius 2 is 1.94 bits per heavy atom. The van der Waals surface area contributed by atoms with Crippen molar-refractivity contribution >= 4 is 11.9 Å². The van der Waals surface area contributed by atoms with Crippen LogP contribution in [-0.2, 0) is 9.53 Å². The predicted molar refractivity (Wildman–Crippen MR) is 56.7 cm³/mol. The molecule has 1 rings (SSSR count). The number of hydrogen-bond acceptors (Lipinski definition) is 3. The maximum absolute atomic E-state index is 12.7. The average molecular weight is 265 g/mol. The number of halogens is 3. The molecule has 0 saturated heterocycles. The van der Waals surface area contributed by atoms with Crippen LogP contribution in [0.25, 0.3) is 0 Å². The van der Waals surface area contributed by atoms with Crippen molar-refractivity contribution in [3.63, 3.8) is 0 Å². The van der Waals surface area contributed by atoms with Crippen molar-refractivity contribution in [3.05, 3.63) is 12.3 Å². The van der Waals surface area contributed by atoms with Crippen molar-refractivity contribution in [1.82, 2.24) is 4.90 Å². The lowest BCUT2D eigenvalue weighted by Crippen LogP contribution is -2.50. The molecule has 1 atom stereocenters. The molecule has 1 heterocycles. The summed E-state index contributed by atoms with van der Waals surface area (Å²) in [7, 11) is 0. The quantitative estimate of drug-likeness (QED) is 0.676. The highest BCUT2D eigenvalue weighted by atomic mass is 19.4. The minimum atomic E-state index is -4.67. The summed E-state index contributed by atoms with van der Waals surface area (Å²) in [6.07, 6.45) is -4.81. The molecule has 102 valence electrons. The number of ketones is 1. The van der Waals surface area contributed by atoms with E-state index in [0.717, 1.165) is 12.3 Å². The molecule has 1 amide bonds. The van der Waals surface area contributed by atoms with Crippen LogP contribution >= 0.6 is 0 Å². The third kappa shape index (κ3) is 3.75. The molecule has 0 aromatic carbocycles. The number of rotatable bonds is 0. The molecule has 4 nitrogen and oxygen atoms in total. The summed E-state index contributed by atoms with van der Waals surface area (Å²) in [5.41, 5.74) is -0.900. The van der Waals surface area contributed by atoms with E-state index in [-0.39, 0.29) is 0 Å². The Morgan fingerprint density at radius 3 is 2.39 bits per heavy atom. The minimum Gasteiger partial charge on any atom is -0.443 e. The molecule has 0 spiro atoms. The Kier molecular flexibility index (Phi) is 3.73. The summed E-state index contributed by atoms with van der Waals surface area (Å²) in [5, 5.41) is 0. The van der Waals surface area contributed by atoms with E-state index in [9.17, 15) is 22.8 Å². The predicted octanol–water partition coefficient (Wildman–Crippen LogP) is 2.64. The second-order valence-corrected chi connectivity index (χ2v) is 4.93. The van der Waals surface area contributed by atoms with Crippen LogP contribution in [0.5, 0.6) is 0 Å². The number of ether oxygens (including phenoxy) is 1. The molecule has 1 aliphatic heterocycles. The topological polar surface area (TPSA) is 46.6 Å². The summed E-state index contributed by atoms with van der Waals surface area (Å²) >= 11 is 0. The zero-order valence-corrected chi connectivity index (χ0v) is 10.2. The lowest BCUT2D eigenvalue weighted by molar-refractivity contribution is -0.179. The van der Waals surface area contributed by atoms with Gasteiger partial charge in [-0.2, -0.15) is 13.2 Å². The van der Waals surface area contributed by atoms with Crippen molar-refractivity contribution < 1.29 is 27.5 Å². The Hall–Kier alpha value is -1.53. The Morgan fingerprint density at radius 1 is 1.39 bits per heavy atom. The fourth-order valence-electron chi connectivity index (χ4n) is 1.40. The molecule has 7 heteroatoms. The Labute approximate surface area is 102 Å². The Bertz CT molecular complexity index is 382. The molecule has 0 aliphatic carbocycles. The zero-order chi connectivity index (χ0) is 14.1. The van der Waals surface area contributed by atoms with E-state index in [0.29, 0.717) is 4.90 Å². The molecule has 1 aliphatic rings. The van der Waals surface area contributed by atoms with Crippen LogP contribution < -0.4 is 0 Å². The minimum absolute atomic E-state index is 0.409. The third-order valence-corrected chi connectivity index (χ3v) is 2.13. The second-order valence-electron chi connectivity index (χ2n) is 4.93. The van der Waals surface area contributed by atoms with E-state index in [1.54, 1.807) is 20.8 Å². The van der Waals surface area contributed by atoms with Gasteiger partial charge in [0.1, 0.15) is 11.6 Å². The van der Waals surface area contributed by atoms with Crippen LogP contribution in [0.4, 0.5) is 18.0 Å². The van der Waals surface area contributed by atoms with Crippen LogP contribution in [0, 0.1) is 0 Å². The summed E-state index contributed by atoms with van der Waals surface area (Å²) in [6, 6.07) is -2.16. The van der Waals surface area contributed by atoms with E-state index in [1.165, 1.54) is 0 Å². The fourth-order valence-corrected chi connectivity index (χ4v) is 1.40. The van der Waals surface area contributed by atoms with Gasteiger partial charge in [-0.25, -0.2) is 4.79 Å². The van der Waals surface area contributed by atoms with Gasteiger partial charge in [0.05, 0.1) is 0 Å². The first kappa shape index (κ1) is 14.5. The third-order valence-electron chi connectivity index (χ3n) is 2.13. The smallest absolute Gasteiger partial charge is 0.414 e. The maximum atomic E-state index is 12.7. The first-order chi connectivity index (χ1) is 8.00. The standard InChI is InChI=1S/C11H14F3NO3/c1-10(2,3)18-9(17)15-5-4-7(16)6-8(15)11(12,13)14/h4-5,8H,6H2,1-3H3. The van der Waals surface area contributed by atoms with Gasteiger partial charge in [-0.1, -0.05) is 0 Å². The van der Waals surface area contributed by atoms with Gasteiger partial charge in [0.25, 0.3) is 0 Å². The number of alkyl halides is 3. The molecule has 0 N–H and O–H groups in total. The molecular weight excluding hydrogens is 251 g/mol. The maximum Gasteiger partial charge on any atom is 0.414 e. The summed E-state index contributed by atoms with van der Waals surface area (Å²) in [5.74, 6) is -0.669. The molecule has 0 saturated carbocycles. The van der Waals surface area contributed by atoms with Gasteiger partial charge in [0.2, 0.25) is 0 Å². The van der Waals surface area contributed by atoms with E-state index >= 15 is 0 Å². The van der Waals surface area contributed by atoms with Crippen LogP contribution in [0.1, 0.15) is 27.2 Å². The lowest BCUT2D eigenvalue weighted by Gasteiger charge is -2.33. The number of allylic oxidation sites excluding steroid dienone is 1. The number of carbonyl (C=O) groups excluding carboxylic acids is 2. The first-order valence-corrected chi connectivity index (χ1v) is 5.30. The SMILES string of the molecule is CC(C)(C)OC(=O)N1C=CC(=O)CC1C(F)(F)F. The second kappa shape index (κ2) is 4.62. The van der Waals surface area contributed by atoms with Gasteiger partial charge in [-0.3, -0.25) is 9.69 Å². The van der Waals surface area contributed by atoms with E-state index in [2.05, 4.69) is 0 Å². The first-order valence-electron chi connectivity index (χ1n) is 5.30. The van der Waals surface area contributed by atoms with Crippen molar-refractivity contribution in [2.75, 3.05) is 0 Å². The van der Waals surface area contributed by atoms with Crippen LogP contribution in [0.3, 0.4) is 0 Å². The fraction of sp³-hybridized carbons (Fsp3) is 0.636. The monoisotopic (exact) mass is 265 g/mol. The lowest BCUT2D eigenvalue weighted by atomic mass is 10.1. The van der Waals surface area contributed by atoms with Crippen LogP contribution in [0.2, 0.25) is 0 Å². The molecule has 0 bridgehead atoms. The molecule has 18 heavy (non-hydrogen) atoms. The number of hydrogen-bond donors (Lipinski definition) is 0. The van der Waals surface area contributed by atoms with E-state index in [1.807, 2.05) is 0 Å². The van der Waals surface area contributed by atoms with Crippen molar-refractivity contribution in [2.45, 2.75) is 45.0 Å². The normalized spacial score (nSPS) is 21.1. The van der Waals surface area contributed by atoms with E-state index < -0.39 is 36.1 Å².